The van der Waals surface area contributed by atoms with Gasteiger partial charge >= 0.3 is 0 Å². The van der Waals surface area contributed by atoms with E-state index in [-0.39, 0.29) is 6.29 Å². The molecule has 18 heavy (non-hydrogen) atoms. The molecule has 0 N–H and O–H groups in total. The Hall–Kier alpha value is -0.120. The number of hydrogen-bond acceptors (Lipinski definition) is 3. The van der Waals surface area contributed by atoms with E-state index in [2.05, 4.69) is 13.8 Å². The summed E-state index contributed by atoms with van der Waals surface area (Å²) in [5.41, 5.74) is 0. The maximum Gasteiger partial charge on any atom is 0.180 e. The van der Waals surface area contributed by atoms with E-state index in [4.69, 9.17) is 14.2 Å². The minimum atomic E-state index is -0.192. The highest BCUT2D eigenvalue weighted by Gasteiger charge is 2.24. The van der Waals surface area contributed by atoms with Crippen LogP contribution in [0.5, 0.6) is 0 Å². The zero-order valence-electron chi connectivity index (χ0n) is 12.5. The number of hydrogen-bond donors (Lipinski definition) is 0. The Balaban J connectivity index is 2.19. The molecule has 0 bridgehead atoms. The van der Waals surface area contributed by atoms with E-state index >= 15 is 0 Å². The molecule has 0 unspecified atom stereocenters. The highest BCUT2D eigenvalue weighted by atomic mass is 16.7. The normalized spacial score (nSPS) is 25.0. The molecule has 0 atom stereocenters. The van der Waals surface area contributed by atoms with Crippen molar-refractivity contribution >= 4 is 0 Å². The predicted molar refractivity (Wildman–Crippen MR) is 73.6 cm³/mol. The van der Waals surface area contributed by atoms with Crippen LogP contribution < -0.4 is 0 Å². The molecule has 0 spiro atoms. The summed E-state index contributed by atoms with van der Waals surface area (Å²) < 4.78 is 16.9. The lowest BCUT2D eigenvalue weighted by Crippen LogP contribution is -2.30. The Morgan fingerprint density at radius 2 is 1.50 bits per heavy atom. The van der Waals surface area contributed by atoms with Crippen LogP contribution in [0.15, 0.2) is 0 Å². The van der Waals surface area contributed by atoms with Gasteiger partial charge in [0.2, 0.25) is 0 Å². The molecule has 0 amide bonds. The summed E-state index contributed by atoms with van der Waals surface area (Å²) in [6.45, 7) is 10.5. The van der Waals surface area contributed by atoms with Crippen LogP contribution in [0, 0.1) is 11.8 Å². The first-order valence-electron chi connectivity index (χ1n) is 7.52. The Kier molecular flexibility index (Phi) is 7.87. The molecule has 1 rings (SSSR count). The van der Waals surface area contributed by atoms with Crippen LogP contribution >= 0.6 is 0 Å². The minimum absolute atomic E-state index is 0.192. The van der Waals surface area contributed by atoms with Crippen LogP contribution in [-0.4, -0.2) is 32.2 Å². The van der Waals surface area contributed by atoms with Crippen molar-refractivity contribution < 1.29 is 14.2 Å². The van der Waals surface area contributed by atoms with Crippen molar-refractivity contribution in [3.8, 4) is 0 Å². The molecule has 0 heterocycles. The van der Waals surface area contributed by atoms with Gasteiger partial charge in [0, 0.05) is 13.2 Å². The molecule has 3 nitrogen and oxygen atoms in total. The summed E-state index contributed by atoms with van der Waals surface area (Å²) in [4.78, 5) is 0. The molecule has 0 aromatic rings. The lowest BCUT2D eigenvalue weighted by Gasteiger charge is -2.31. The first kappa shape index (κ1) is 15.9. The van der Waals surface area contributed by atoms with Crippen molar-refractivity contribution in [2.75, 3.05) is 19.8 Å². The topological polar surface area (TPSA) is 27.7 Å². The van der Waals surface area contributed by atoms with E-state index in [0.29, 0.717) is 25.9 Å². The quantitative estimate of drug-likeness (QED) is 0.622. The third kappa shape index (κ3) is 5.68. The first-order valence-corrected chi connectivity index (χ1v) is 7.52. The van der Waals surface area contributed by atoms with Gasteiger partial charge < -0.3 is 14.2 Å². The second-order valence-electron chi connectivity index (χ2n) is 5.45. The summed E-state index contributed by atoms with van der Waals surface area (Å²) in [5, 5.41) is 0. The first-order chi connectivity index (χ1) is 8.67. The van der Waals surface area contributed by atoms with E-state index < -0.39 is 0 Å². The average molecular weight is 258 g/mol. The van der Waals surface area contributed by atoms with Crippen molar-refractivity contribution in [3.63, 3.8) is 0 Å². The maximum atomic E-state index is 5.93. The van der Waals surface area contributed by atoms with Crippen molar-refractivity contribution in [2.24, 2.45) is 11.8 Å². The second kappa shape index (κ2) is 8.89. The second-order valence-corrected chi connectivity index (χ2v) is 5.45. The minimum Gasteiger partial charge on any atom is -0.373 e. The molecular weight excluding hydrogens is 228 g/mol. The summed E-state index contributed by atoms with van der Waals surface area (Å²) >= 11 is 0. The molecule has 1 fully saturated rings. The zero-order chi connectivity index (χ0) is 13.4. The van der Waals surface area contributed by atoms with Gasteiger partial charge in [0.15, 0.2) is 6.29 Å². The van der Waals surface area contributed by atoms with Crippen LogP contribution in [0.25, 0.3) is 0 Å². The van der Waals surface area contributed by atoms with Gasteiger partial charge in [-0.25, -0.2) is 0 Å². The molecule has 0 saturated heterocycles. The molecule has 1 aliphatic rings. The van der Waals surface area contributed by atoms with E-state index in [0.717, 1.165) is 11.8 Å². The van der Waals surface area contributed by atoms with Crippen LogP contribution in [-0.2, 0) is 14.2 Å². The van der Waals surface area contributed by atoms with Gasteiger partial charge in [0.05, 0.1) is 12.7 Å². The van der Waals surface area contributed by atoms with Gasteiger partial charge in [-0.15, -0.1) is 0 Å². The lowest BCUT2D eigenvalue weighted by atomic mass is 9.80. The standard InChI is InChI=1S/C15H30O3/c1-5-16-15(17-6-2)11-18-14-9-7-13(8-10-14)12(3)4/h12-15H,5-11H2,1-4H3. The molecule has 0 aromatic heterocycles. The molecule has 0 radical (unpaired) electrons. The smallest absolute Gasteiger partial charge is 0.180 e. The largest absolute Gasteiger partial charge is 0.373 e. The fourth-order valence-corrected chi connectivity index (χ4v) is 2.65. The maximum absolute atomic E-state index is 5.93. The van der Waals surface area contributed by atoms with Crippen LogP contribution in [0.2, 0.25) is 0 Å². The molecule has 1 saturated carbocycles. The van der Waals surface area contributed by atoms with Crippen LogP contribution in [0.3, 0.4) is 0 Å². The summed E-state index contributed by atoms with van der Waals surface area (Å²) in [6, 6.07) is 0. The zero-order valence-corrected chi connectivity index (χ0v) is 12.5. The van der Waals surface area contributed by atoms with E-state index in [1.165, 1.54) is 25.7 Å². The van der Waals surface area contributed by atoms with Gasteiger partial charge in [-0.3, -0.25) is 0 Å². The Labute approximate surface area is 112 Å². The van der Waals surface area contributed by atoms with Gasteiger partial charge in [-0.05, 0) is 51.4 Å². The van der Waals surface area contributed by atoms with Crippen LogP contribution in [0.1, 0.15) is 53.4 Å². The molecular formula is C15H30O3. The van der Waals surface area contributed by atoms with Crippen molar-refractivity contribution in [3.05, 3.63) is 0 Å². The molecule has 1 aliphatic carbocycles. The van der Waals surface area contributed by atoms with Crippen molar-refractivity contribution in [1.29, 1.82) is 0 Å². The molecule has 3 heteroatoms. The Morgan fingerprint density at radius 3 is 1.94 bits per heavy atom. The van der Waals surface area contributed by atoms with Crippen LogP contribution in [0.4, 0.5) is 0 Å². The fraction of sp³-hybridized carbons (Fsp3) is 1.00. The van der Waals surface area contributed by atoms with Crippen molar-refractivity contribution in [1.82, 2.24) is 0 Å². The third-order valence-corrected chi connectivity index (χ3v) is 3.83. The molecule has 0 aromatic carbocycles. The monoisotopic (exact) mass is 258 g/mol. The van der Waals surface area contributed by atoms with Gasteiger partial charge in [-0.2, -0.15) is 0 Å². The third-order valence-electron chi connectivity index (χ3n) is 3.83. The predicted octanol–water partition coefficient (Wildman–Crippen LogP) is 3.62. The van der Waals surface area contributed by atoms with Gasteiger partial charge in [0.1, 0.15) is 0 Å². The Bertz CT molecular complexity index is 192. The molecule has 0 aliphatic heterocycles. The van der Waals surface area contributed by atoms with Gasteiger partial charge in [-0.1, -0.05) is 13.8 Å². The van der Waals surface area contributed by atoms with Gasteiger partial charge in [0.25, 0.3) is 0 Å². The lowest BCUT2D eigenvalue weighted by molar-refractivity contribution is -0.179. The number of ether oxygens (including phenoxy) is 3. The molecule has 108 valence electrons. The SMILES string of the molecule is CCOC(COC1CCC(C(C)C)CC1)OCC. The summed E-state index contributed by atoms with van der Waals surface area (Å²) in [6.07, 6.45) is 5.19. The van der Waals surface area contributed by atoms with E-state index in [9.17, 15) is 0 Å². The van der Waals surface area contributed by atoms with Crippen molar-refractivity contribution in [2.45, 2.75) is 65.8 Å². The fourth-order valence-electron chi connectivity index (χ4n) is 2.65. The average Bonchev–Trinajstić information content (AvgIpc) is 2.37. The van der Waals surface area contributed by atoms with E-state index in [1.807, 2.05) is 13.8 Å². The highest BCUT2D eigenvalue weighted by Crippen LogP contribution is 2.31. The van der Waals surface area contributed by atoms with E-state index in [1.54, 1.807) is 0 Å². The Morgan fingerprint density at radius 1 is 0.944 bits per heavy atom. The highest BCUT2D eigenvalue weighted by molar-refractivity contribution is 4.74. The summed E-state index contributed by atoms with van der Waals surface area (Å²) in [7, 11) is 0. The summed E-state index contributed by atoms with van der Waals surface area (Å²) in [5.74, 6) is 1.70. The number of rotatable bonds is 8.